The van der Waals surface area contributed by atoms with Crippen molar-refractivity contribution in [3.8, 4) is 0 Å². The topological polar surface area (TPSA) is 35.2 Å². The Labute approximate surface area is 113 Å². The molecular weight excluding hydrogens is 222 g/mol. The van der Waals surface area contributed by atoms with Crippen LogP contribution in [0.4, 0.5) is 0 Å². The molecule has 1 aliphatic heterocycles. The molecule has 1 aliphatic carbocycles. The molecule has 106 valence electrons. The maximum absolute atomic E-state index is 6.42. The zero-order valence-electron chi connectivity index (χ0n) is 12.2. The standard InChI is InChI=1S/C16H31NO/c1-12-6-7-14(11-13(12)2)16(17)9-8-15-5-3-4-10-18-15/h12-16H,3-11,17H2,1-2H3. The minimum atomic E-state index is 0.408. The molecule has 1 saturated carbocycles. The van der Waals surface area contributed by atoms with Gasteiger partial charge in [0, 0.05) is 12.6 Å². The lowest BCUT2D eigenvalue weighted by Crippen LogP contribution is -2.36. The zero-order chi connectivity index (χ0) is 13.0. The van der Waals surface area contributed by atoms with Gasteiger partial charge in [-0.15, -0.1) is 0 Å². The van der Waals surface area contributed by atoms with Gasteiger partial charge in [-0.2, -0.15) is 0 Å². The lowest BCUT2D eigenvalue weighted by molar-refractivity contribution is 0.00746. The molecule has 0 radical (unpaired) electrons. The van der Waals surface area contributed by atoms with Crippen LogP contribution in [0.1, 0.15) is 65.2 Å². The van der Waals surface area contributed by atoms with Gasteiger partial charge in [0.1, 0.15) is 0 Å². The van der Waals surface area contributed by atoms with Gasteiger partial charge < -0.3 is 10.5 Å². The van der Waals surface area contributed by atoms with Crippen LogP contribution in [0.15, 0.2) is 0 Å². The molecule has 0 amide bonds. The van der Waals surface area contributed by atoms with Gasteiger partial charge in [-0.3, -0.25) is 0 Å². The molecule has 2 rings (SSSR count). The van der Waals surface area contributed by atoms with Crippen LogP contribution in [0.5, 0.6) is 0 Å². The van der Waals surface area contributed by atoms with Gasteiger partial charge in [-0.1, -0.05) is 20.3 Å². The van der Waals surface area contributed by atoms with Crippen LogP contribution in [0.3, 0.4) is 0 Å². The summed E-state index contributed by atoms with van der Waals surface area (Å²) in [5.41, 5.74) is 6.42. The maximum atomic E-state index is 6.42. The van der Waals surface area contributed by atoms with E-state index < -0.39 is 0 Å². The van der Waals surface area contributed by atoms with E-state index in [9.17, 15) is 0 Å². The molecule has 2 fully saturated rings. The van der Waals surface area contributed by atoms with Crippen molar-refractivity contribution < 1.29 is 4.74 Å². The molecule has 0 aromatic carbocycles. The molecule has 2 nitrogen and oxygen atoms in total. The fraction of sp³-hybridized carbons (Fsp3) is 1.00. The molecule has 0 aromatic rings. The third-order valence-electron chi connectivity index (χ3n) is 5.34. The highest BCUT2D eigenvalue weighted by atomic mass is 16.5. The van der Waals surface area contributed by atoms with Gasteiger partial charge in [-0.05, 0) is 62.7 Å². The first-order valence-corrected chi connectivity index (χ1v) is 8.04. The molecule has 2 N–H and O–H groups in total. The van der Waals surface area contributed by atoms with E-state index in [1.807, 2.05) is 0 Å². The first-order chi connectivity index (χ1) is 8.66. The predicted molar refractivity (Wildman–Crippen MR) is 76.5 cm³/mol. The van der Waals surface area contributed by atoms with Crippen molar-refractivity contribution in [2.45, 2.75) is 77.4 Å². The normalized spacial score (nSPS) is 39.5. The predicted octanol–water partition coefficient (Wildman–Crippen LogP) is 3.74. The summed E-state index contributed by atoms with van der Waals surface area (Å²) in [6, 6.07) is 0.408. The third-order valence-corrected chi connectivity index (χ3v) is 5.34. The Bertz CT molecular complexity index is 237. The van der Waals surface area contributed by atoms with Crippen LogP contribution in [-0.2, 0) is 4.74 Å². The second-order valence-corrected chi connectivity index (χ2v) is 6.76. The van der Waals surface area contributed by atoms with E-state index in [0.29, 0.717) is 12.1 Å². The van der Waals surface area contributed by atoms with Crippen molar-refractivity contribution in [3.63, 3.8) is 0 Å². The summed E-state index contributed by atoms with van der Waals surface area (Å²) in [6.07, 6.45) is 10.8. The average Bonchev–Trinajstić information content (AvgIpc) is 2.40. The molecular formula is C16H31NO. The van der Waals surface area contributed by atoms with Crippen molar-refractivity contribution in [1.82, 2.24) is 0 Å². The van der Waals surface area contributed by atoms with Crippen molar-refractivity contribution in [3.05, 3.63) is 0 Å². The largest absolute Gasteiger partial charge is 0.378 e. The second kappa shape index (κ2) is 6.91. The molecule has 0 aromatic heterocycles. The van der Waals surface area contributed by atoms with E-state index in [1.54, 1.807) is 0 Å². The highest BCUT2D eigenvalue weighted by Gasteiger charge is 2.28. The van der Waals surface area contributed by atoms with Crippen LogP contribution in [0, 0.1) is 17.8 Å². The summed E-state index contributed by atoms with van der Waals surface area (Å²) in [7, 11) is 0. The first kappa shape index (κ1) is 14.3. The third kappa shape index (κ3) is 3.96. The summed E-state index contributed by atoms with van der Waals surface area (Å²) < 4.78 is 5.80. The highest BCUT2D eigenvalue weighted by Crippen LogP contribution is 2.35. The van der Waals surface area contributed by atoms with E-state index in [1.165, 1.54) is 44.9 Å². The molecule has 0 bridgehead atoms. The van der Waals surface area contributed by atoms with E-state index in [4.69, 9.17) is 10.5 Å². The number of hydrogen-bond donors (Lipinski definition) is 1. The number of ether oxygens (including phenoxy) is 1. The summed E-state index contributed by atoms with van der Waals surface area (Å²) in [5, 5.41) is 0. The Hall–Kier alpha value is -0.0800. The summed E-state index contributed by atoms with van der Waals surface area (Å²) in [4.78, 5) is 0. The molecule has 18 heavy (non-hydrogen) atoms. The Morgan fingerprint density at radius 2 is 1.94 bits per heavy atom. The van der Waals surface area contributed by atoms with Gasteiger partial charge in [0.2, 0.25) is 0 Å². The minimum absolute atomic E-state index is 0.408. The lowest BCUT2D eigenvalue weighted by Gasteiger charge is -2.36. The van der Waals surface area contributed by atoms with Crippen molar-refractivity contribution in [2.24, 2.45) is 23.5 Å². The van der Waals surface area contributed by atoms with Gasteiger partial charge in [-0.25, -0.2) is 0 Å². The molecule has 2 aliphatic rings. The number of rotatable bonds is 4. The van der Waals surface area contributed by atoms with Crippen LogP contribution in [0.25, 0.3) is 0 Å². The maximum Gasteiger partial charge on any atom is 0.0575 e. The SMILES string of the molecule is CC1CCC(C(N)CCC2CCCCO2)CC1C. The minimum Gasteiger partial charge on any atom is -0.378 e. The average molecular weight is 253 g/mol. The van der Waals surface area contributed by atoms with Crippen molar-refractivity contribution in [1.29, 1.82) is 0 Å². The van der Waals surface area contributed by atoms with Gasteiger partial charge in [0.25, 0.3) is 0 Å². The Morgan fingerprint density at radius 3 is 2.61 bits per heavy atom. The van der Waals surface area contributed by atoms with Gasteiger partial charge in [0.05, 0.1) is 6.10 Å². The summed E-state index contributed by atoms with van der Waals surface area (Å²) in [5.74, 6) is 2.52. The number of nitrogens with two attached hydrogens (primary N) is 1. The van der Waals surface area contributed by atoms with E-state index in [-0.39, 0.29) is 0 Å². The fourth-order valence-electron chi connectivity index (χ4n) is 3.63. The van der Waals surface area contributed by atoms with Gasteiger partial charge in [0.15, 0.2) is 0 Å². The number of hydrogen-bond acceptors (Lipinski definition) is 2. The Kier molecular flexibility index (Phi) is 5.50. The highest BCUT2D eigenvalue weighted by molar-refractivity contribution is 4.82. The van der Waals surface area contributed by atoms with Crippen molar-refractivity contribution in [2.75, 3.05) is 6.61 Å². The monoisotopic (exact) mass is 253 g/mol. The molecule has 1 saturated heterocycles. The van der Waals surface area contributed by atoms with E-state index >= 15 is 0 Å². The summed E-state index contributed by atoms with van der Waals surface area (Å²) >= 11 is 0. The molecule has 0 spiro atoms. The molecule has 2 heteroatoms. The second-order valence-electron chi connectivity index (χ2n) is 6.76. The zero-order valence-corrected chi connectivity index (χ0v) is 12.2. The Balaban J connectivity index is 1.69. The summed E-state index contributed by atoms with van der Waals surface area (Å²) in [6.45, 7) is 5.76. The van der Waals surface area contributed by atoms with Gasteiger partial charge >= 0.3 is 0 Å². The van der Waals surface area contributed by atoms with E-state index in [2.05, 4.69) is 13.8 Å². The van der Waals surface area contributed by atoms with Crippen LogP contribution < -0.4 is 5.73 Å². The molecule has 5 unspecified atom stereocenters. The molecule has 1 heterocycles. The lowest BCUT2D eigenvalue weighted by atomic mass is 9.72. The first-order valence-electron chi connectivity index (χ1n) is 8.04. The van der Waals surface area contributed by atoms with E-state index in [0.717, 1.165) is 30.8 Å². The fourth-order valence-corrected chi connectivity index (χ4v) is 3.63. The van der Waals surface area contributed by atoms with Crippen molar-refractivity contribution >= 4 is 0 Å². The molecule has 5 atom stereocenters. The smallest absolute Gasteiger partial charge is 0.0575 e. The van der Waals surface area contributed by atoms with Crippen LogP contribution >= 0.6 is 0 Å². The quantitative estimate of drug-likeness (QED) is 0.828. The Morgan fingerprint density at radius 1 is 1.11 bits per heavy atom. The van der Waals surface area contributed by atoms with Crippen LogP contribution in [0.2, 0.25) is 0 Å². The van der Waals surface area contributed by atoms with Crippen LogP contribution in [-0.4, -0.2) is 18.8 Å².